The number of allylic oxidation sites excluding steroid dienone is 2. The molecule has 7 nitrogen and oxygen atoms in total. The van der Waals surface area contributed by atoms with Gasteiger partial charge in [-0.05, 0) is 90.3 Å². The van der Waals surface area contributed by atoms with Crippen LogP contribution in [0.1, 0.15) is 272 Å². The van der Waals surface area contributed by atoms with E-state index in [0.29, 0.717) is 32.5 Å². The van der Waals surface area contributed by atoms with E-state index in [-0.39, 0.29) is 24.0 Å². The highest BCUT2D eigenvalue weighted by Gasteiger charge is 2.15. The third-order valence-electron chi connectivity index (χ3n) is 12.9. The van der Waals surface area contributed by atoms with Crippen LogP contribution in [0.3, 0.4) is 0 Å². The standard InChI is InChI=1S/C57H107NO6/c1-7-11-15-25-38-52(39-26-16-12-8-2)42-33-35-50-62-55(59)46-31-23-19-21-29-44-54(64-57(61)48-37-49-58(5)6)45-30-22-20-24-32-47-56(60)63-51-36-34-43-53(40-27-17-13-9-3)41-28-18-14-10-4/h33-36,52-54H,7-32,37-51H2,1-6H3. The Balaban J connectivity index is 4.39. The maximum Gasteiger partial charge on any atom is 0.306 e. The van der Waals surface area contributed by atoms with Crippen LogP contribution >= 0.6 is 0 Å². The Labute approximate surface area is 397 Å². The highest BCUT2D eigenvalue weighted by atomic mass is 16.5. The van der Waals surface area contributed by atoms with Crippen LogP contribution in [0.2, 0.25) is 0 Å². The van der Waals surface area contributed by atoms with E-state index in [0.717, 1.165) is 115 Å². The van der Waals surface area contributed by atoms with Gasteiger partial charge in [-0.3, -0.25) is 14.4 Å². The van der Waals surface area contributed by atoms with Gasteiger partial charge in [-0.1, -0.05) is 219 Å². The van der Waals surface area contributed by atoms with Gasteiger partial charge in [0.2, 0.25) is 0 Å². The van der Waals surface area contributed by atoms with Gasteiger partial charge < -0.3 is 19.1 Å². The van der Waals surface area contributed by atoms with Crippen molar-refractivity contribution < 1.29 is 28.6 Å². The van der Waals surface area contributed by atoms with E-state index in [1.54, 1.807) is 0 Å². The summed E-state index contributed by atoms with van der Waals surface area (Å²) in [7, 11) is 4.06. The average molecular weight is 902 g/mol. The maximum atomic E-state index is 12.7. The van der Waals surface area contributed by atoms with E-state index >= 15 is 0 Å². The summed E-state index contributed by atoms with van der Waals surface area (Å²) in [5.41, 5.74) is 0. The molecule has 64 heavy (non-hydrogen) atoms. The van der Waals surface area contributed by atoms with E-state index < -0.39 is 0 Å². The molecule has 0 bridgehead atoms. The molecule has 0 rings (SSSR count). The Bertz CT molecular complexity index is 994. The van der Waals surface area contributed by atoms with E-state index in [1.165, 1.54) is 128 Å². The first-order chi connectivity index (χ1) is 31.2. The van der Waals surface area contributed by atoms with Crippen molar-refractivity contribution in [3.63, 3.8) is 0 Å². The van der Waals surface area contributed by atoms with Crippen molar-refractivity contribution in [2.75, 3.05) is 33.9 Å². The largest absolute Gasteiger partial charge is 0.462 e. The minimum Gasteiger partial charge on any atom is -0.462 e. The molecular weight excluding hydrogens is 795 g/mol. The summed E-state index contributed by atoms with van der Waals surface area (Å²) < 4.78 is 17.0. The fourth-order valence-corrected chi connectivity index (χ4v) is 8.73. The molecule has 0 N–H and O–H groups in total. The minimum absolute atomic E-state index is 0.0345. The molecular formula is C57H107NO6. The molecule has 0 spiro atoms. The lowest BCUT2D eigenvalue weighted by Crippen LogP contribution is -2.20. The fraction of sp³-hybridized carbons (Fsp3) is 0.877. The van der Waals surface area contributed by atoms with E-state index in [2.05, 4.69) is 56.9 Å². The predicted octanol–water partition coefficient (Wildman–Crippen LogP) is 16.8. The van der Waals surface area contributed by atoms with Crippen LogP contribution in [-0.4, -0.2) is 62.8 Å². The molecule has 0 aromatic heterocycles. The van der Waals surface area contributed by atoms with Gasteiger partial charge in [0.1, 0.15) is 19.3 Å². The summed E-state index contributed by atoms with van der Waals surface area (Å²) in [4.78, 5) is 39.5. The molecule has 0 aliphatic heterocycles. The van der Waals surface area contributed by atoms with Crippen molar-refractivity contribution in [1.82, 2.24) is 4.90 Å². The Hall–Kier alpha value is -2.15. The molecule has 376 valence electrons. The van der Waals surface area contributed by atoms with Crippen LogP contribution in [0, 0.1) is 11.8 Å². The van der Waals surface area contributed by atoms with Gasteiger partial charge in [0.25, 0.3) is 0 Å². The lowest BCUT2D eigenvalue weighted by Gasteiger charge is -2.18. The molecule has 0 radical (unpaired) electrons. The Morgan fingerprint density at radius 2 is 0.719 bits per heavy atom. The molecule has 0 amide bonds. The zero-order chi connectivity index (χ0) is 47.0. The van der Waals surface area contributed by atoms with Gasteiger partial charge in [0.15, 0.2) is 0 Å². The van der Waals surface area contributed by atoms with Gasteiger partial charge >= 0.3 is 17.9 Å². The number of carbonyl (C=O) groups excluding carboxylic acids is 3. The number of carbonyl (C=O) groups is 3. The van der Waals surface area contributed by atoms with Crippen LogP contribution in [-0.2, 0) is 28.6 Å². The predicted molar refractivity (Wildman–Crippen MR) is 274 cm³/mol. The molecule has 0 unspecified atom stereocenters. The lowest BCUT2D eigenvalue weighted by molar-refractivity contribution is -0.150. The normalized spacial score (nSPS) is 12.4. The summed E-state index contributed by atoms with van der Waals surface area (Å²) in [6.07, 6.45) is 51.4. The Kier molecular flexibility index (Phi) is 47.1. The smallest absolute Gasteiger partial charge is 0.306 e. The monoisotopic (exact) mass is 902 g/mol. The van der Waals surface area contributed by atoms with Crippen LogP contribution in [0.25, 0.3) is 0 Å². The number of hydrogen-bond acceptors (Lipinski definition) is 7. The number of esters is 3. The van der Waals surface area contributed by atoms with Crippen molar-refractivity contribution in [2.45, 2.75) is 278 Å². The number of rotatable bonds is 49. The number of ether oxygens (including phenoxy) is 3. The first-order valence-electron chi connectivity index (χ1n) is 27.7. The second kappa shape index (κ2) is 48.8. The van der Waals surface area contributed by atoms with Crippen LogP contribution in [0.4, 0.5) is 0 Å². The van der Waals surface area contributed by atoms with Gasteiger partial charge in [0, 0.05) is 19.3 Å². The first-order valence-corrected chi connectivity index (χ1v) is 27.7. The van der Waals surface area contributed by atoms with Crippen LogP contribution < -0.4 is 0 Å². The molecule has 0 aliphatic rings. The average Bonchev–Trinajstić information content (AvgIpc) is 3.27. The Morgan fingerprint density at radius 3 is 1.09 bits per heavy atom. The molecule has 0 fully saturated rings. The molecule has 7 heteroatoms. The third-order valence-corrected chi connectivity index (χ3v) is 12.9. The number of hydrogen-bond donors (Lipinski definition) is 0. The third kappa shape index (κ3) is 45.0. The molecule has 0 saturated heterocycles. The maximum absolute atomic E-state index is 12.7. The van der Waals surface area contributed by atoms with Gasteiger partial charge in [-0.25, -0.2) is 0 Å². The molecule has 0 aromatic carbocycles. The minimum atomic E-state index is -0.0930. The zero-order valence-corrected chi connectivity index (χ0v) is 43.4. The van der Waals surface area contributed by atoms with Crippen molar-refractivity contribution in [2.24, 2.45) is 11.8 Å². The summed E-state index contributed by atoms with van der Waals surface area (Å²) >= 11 is 0. The highest BCUT2D eigenvalue weighted by Crippen LogP contribution is 2.24. The molecule has 0 saturated carbocycles. The van der Waals surface area contributed by atoms with Gasteiger partial charge in [-0.2, -0.15) is 0 Å². The van der Waals surface area contributed by atoms with Crippen LogP contribution in [0.5, 0.6) is 0 Å². The van der Waals surface area contributed by atoms with Crippen molar-refractivity contribution in [3.05, 3.63) is 24.3 Å². The molecule has 0 heterocycles. The van der Waals surface area contributed by atoms with Crippen molar-refractivity contribution in [1.29, 1.82) is 0 Å². The number of nitrogens with zero attached hydrogens (tertiary/aromatic N) is 1. The summed E-state index contributed by atoms with van der Waals surface area (Å²) in [6.45, 7) is 10.7. The van der Waals surface area contributed by atoms with E-state index in [9.17, 15) is 14.4 Å². The van der Waals surface area contributed by atoms with E-state index in [4.69, 9.17) is 14.2 Å². The summed E-state index contributed by atoms with van der Waals surface area (Å²) in [5.74, 6) is 1.25. The molecule has 0 atom stereocenters. The second-order valence-corrected chi connectivity index (χ2v) is 19.5. The van der Waals surface area contributed by atoms with Crippen molar-refractivity contribution in [3.8, 4) is 0 Å². The van der Waals surface area contributed by atoms with Crippen LogP contribution in [0.15, 0.2) is 24.3 Å². The second-order valence-electron chi connectivity index (χ2n) is 19.5. The zero-order valence-electron chi connectivity index (χ0n) is 43.4. The van der Waals surface area contributed by atoms with Gasteiger partial charge in [-0.15, -0.1) is 0 Å². The molecule has 0 aromatic rings. The van der Waals surface area contributed by atoms with Crippen molar-refractivity contribution >= 4 is 17.9 Å². The fourth-order valence-electron chi connectivity index (χ4n) is 8.73. The first kappa shape index (κ1) is 61.9. The summed E-state index contributed by atoms with van der Waals surface area (Å²) in [6, 6.07) is 0. The SMILES string of the molecule is CCCCCCC(CC=CCOC(=O)CCCCCCCC(CCCCCCCC(=O)OCC=CCC(CCCCCC)CCCCCC)OC(=O)CCCN(C)C)CCCCCC. The topological polar surface area (TPSA) is 82.1 Å². The lowest BCUT2D eigenvalue weighted by atomic mass is 9.91. The molecule has 0 aliphatic carbocycles. The highest BCUT2D eigenvalue weighted by molar-refractivity contribution is 5.70. The summed E-state index contributed by atoms with van der Waals surface area (Å²) in [5, 5.41) is 0. The van der Waals surface area contributed by atoms with E-state index in [1.807, 2.05) is 14.1 Å². The van der Waals surface area contributed by atoms with Gasteiger partial charge in [0.05, 0.1) is 0 Å². The Morgan fingerprint density at radius 1 is 0.391 bits per heavy atom. The number of unbranched alkanes of at least 4 members (excludes halogenated alkanes) is 20. The quantitative estimate of drug-likeness (QED) is 0.0260.